The van der Waals surface area contributed by atoms with Crippen LogP contribution in [0.3, 0.4) is 0 Å². The molecule has 0 aliphatic heterocycles. The van der Waals surface area contributed by atoms with Gasteiger partial charge in [0.15, 0.2) is 5.78 Å². The Morgan fingerprint density at radius 1 is 1.44 bits per heavy atom. The molecule has 1 aromatic rings. The van der Waals surface area contributed by atoms with Crippen LogP contribution in [-0.4, -0.2) is 10.7 Å². The maximum Gasteiger partial charge on any atom is 0.272 e. The minimum atomic E-state index is -2.90. The normalized spacial score (nSPS) is 10.6. The van der Waals surface area contributed by atoms with Crippen molar-refractivity contribution in [2.45, 2.75) is 20.3 Å². The van der Waals surface area contributed by atoms with Crippen molar-refractivity contribution in [3.8, 4) is 0 Å². The van der Waals surface area contributed by atoms with E-state index in [1.165, 1.54) is 6.92 Å². The summed E-state index contributed by atoms with van der Waals surface area (Å²) in [5.74, 6) is -0.534. The molecule has 0 heterocycles. The van der Waals surface area contributed by atoms with Crippen LogP contribution >= 0.6 is 0 Å². The quantitative estimate of drug-likeness (QED) is 0.454. The Hall–Kier alpha value is -1.85. The number of nitro benzene ring substituents is 1. The van der Waals surface area contributed by atoms with E-state index in [0.29, 0.717) is 0 Å². The van der Waals surface area contributed by atoms with E-state index in [1.807, 2.05) is 0 Å². The molecule has 1 rings (SSSR count). The SMILES string of the molecule is CC(=O)c1cc(C)c([N+](=O)[O-])cc1C(F)F. The van der Waals surface area contributed by atoms with Crippen molar-refractivity contribution in [3.05, 3.63) is 38.9 Å². The van der Waals surface area contributed by atoms with E-state index in [1.54, 1.807) is 0 Å². The topological polar surface area (TPSA) is 60.2 Å². The third-order valence-electron chi connectivity index (χ3n) is 2.18. The van der Waals surface area contributed by atoms with E-state index in [4.69, 9.17) is 0 Å². The average Bonchev–Trinajstić information content (AvgIpc) is 2.15. The van der Waals surface area contributed by atoms with Crippen molar-refractivity contribution in [2.24, 2.45) is 0 Å². The second kappa shape index (κ2) is 4.34. The number of nitrogens with zero attached hydrogens (tertiary/aromatic N) is 1. The monoisotopic (exact) mass is 229 g/mol. The number of aryl methyl sites for hydroxylation is 1. The predicted octanol–water partition coefficient (Wildman–Crippen LogP) is 3.04. The molecule has 16 heavy (non-hydrogen) atoms. The fourth-order valence-electron chi connectivity index (χ4n) is 1.39. The molecular weight excluding hydrogens is 220 g/mol. The largest absolute Gasteiger partial charge is 0.294 e. The molecule has 86 valence electrons. The molecule has 1 aromatic carbocycles. The molecule has 0 spiro atoms. The van der Waals surface area contributed by atoms with Crippen LogP contribution in [-0.2, 0) is 0 Å². The number of hydrogen-bond acceptors (Lipinski definition) is 3. The van der Waals surface area contributed by atoms with E-state index in [9.17, 15) is 23.7 Å². The van der Waals surface area contributed by atoms with Gasteiger partial charge >= 0.3 is 0 Å². The van der Waals surface area contributed by atoms with E-state index < -0.39 is 28.4 Å². The van der Waals surface area contributed by atoms with Gasteiger partial charge in [-0.1, -0.05) is 0 Å². The minimum Gasteiger partial charge on any atom is -0.294 e. The standard InChI is InChI=1S/C10H9F2NO3/c1-5-3-7(6(2)14)8(10(11)12)4-9(5)13(15)16/h3-4,10H,1-2H3. The highest BCUT2D eigenvalue weighted by Crippen LogP contribution is 2.30. The summed E-state index contributed by atoms with van der Waals surface area (Å²) < 4.78 is 25.2. The summed E-state index contributed by atoms with van der Waals surface area (Å²) in [6.07, 6.45) is -2.90. The summed E-state index contributed by atoms with van der Waals surface area (Å²) in [6, 6.07) is 1.89. The molecule has 0 unspecified atom stereocenters. The second-order valence-corrected chi connectivity index (χ2v) is 3.34. The molecule has 0 saturated heterocycles. The van der Waals surface area contributed by atoms with Crippen LogP contribution in [0.5, 0.6) is 0 Å². The summed E-state index contributed by atoms with van der Waals surface area (Å²) in [5, 5.41) is 10.6. The van der Waals surface area contributed by atoms with Crippen molar-refractivity contribution in [2.75, 3.05) is 0 Å². The molecule has 0 atom stereocenters. The summed E-state index contributed by atoms with van der Waals surface area (Å²) in [4.78, 5) is 20.9. The van der Waals surface area contributed by atoms with Crippen LogP contribution in [0.25, 0.3) is 0 Å². The lowest BCUT2D eigenvalue weighted by Crippen LogP contribution is -2.03. The molecule has 0 fully saturated rings. The highest BCUT2D eigenvalue weighted by molar-refractivity contribution is 5.96. The van der Waals surface area contributed by atoms with Crippen LogP contribution in [0.2, 0.25) is 0 Å². The molecule has 4 nitrogen and oxygen atoms in total. The predicted molar refractivity (Wildman–Crippen MR) is 52.8 cm³/mol. The van der Waals surface area contributed by atoms with E-state index in [0.717, 1.165) is 19.1 Å². The molecule has 0 aliphatic carbocycles. The lowest BCUT2D eigenvalue weighted by Gasteiger charge is -2.07. The summed E-state index contributed by atoms with van der Waals surface area (Å²) >= 11 is 0. The molecular formula is C10H9F2NO3. The van der Waals surface area contributed by atoms with Gasteiger partial charge in [-0.2, -0.15) is 0 Å². The van der Waals surface area contributed by atoms with Gasteiger partial charge in [0.2, 0.25) is 0 Å². The van der Waals surface area contributed by atoms with Crippen molar-refractivity contribution in [3.63, 3.8) is 0 Å². The number of Topliss-reactive ketones (excluding diaryl/α,β-unsaturated/α-hetero) is 1. The second-order valence-electron chi connectivity index (χ2n) is 3.34. The molecule has 0 aliphatic rings. The zero-order chi connectivity index (χ0) is 12.5. The van der Waals surface area contributed by atoms with Gasteiger partial charge in [-0.25, -0.2) is 8.78 Å². The van der Waals surface area contributed by atoms with Gasteiger partial charge in [0.1, 0.15) is 0 Å². The van der Waals surface area contributed by atoms with Crippen molar-refractivity contribution in [1.29, 1.82) is 0 Å². The number of rotatable bonds is 3. The van der Waals surface area contributed by atoms with Crippen molar-refractivity contribution in [1.82, 2.24) is 0 Å². The zero-order valence-electron chi connectivity index (χ0n) is 8.66. The maximum atomic E-state index is 12.6. The minimum absolute atomic E-state index is 0.168. The molecule has 0 amide bonds. The number of carbonyl (C=O) groups excluding carboxylic acids is 1. The first-order valence-corrected chi connectivity index (χ1v) is 4.42. The lowest BCUT2D eigenvalue weighted by atomic mass is 10.0. The number of hydrogen-bond donors (Lipinski definition) is 0. The number of alkyl halides is 2. The number of carbonyl (C=O) groups is 1. The van der Waals surface area contributed by atoms with E-state index in [2.05, 4.69) is 0 Å². The van der Waals surface area contributed by atoms with E-state index in [-0.39, 0.29) is 11.1 Å². The van der Waals surface area contributed by atoms with Gasteiger partial charge in [-0.3, -0.25) is 14.9 Å². The Balaban J connectivity index is 3.49. The third kappa shape index (κ3) is 2.21. The average molecular weight is 229 g/mol. The van der Waals surface area contributed by atoms with Crippen LogP contribution in [0.1, 0.15) is 34.8 Å². The van der Waals surface area contributed by atoms with Gasteiger partial charge in [-0.05, 0) is 19.9 Å². The van der Waals surface area contributed by atoms with Gasteiger partial charge in [0, 0.05) is 22.8 Å². The fourth-order valence-corrected chi connectivity index (χ4v) is 1.39. The first kappa shape index (κ1) is 12.2. The molecule has 0 radical (unpaired) electrons. The highest BCUT2D eigenvalue weighted by atomic mass is 19.3. The number of ketones is 1. The number of halogens is 2. The lowest BCUT2D eigenvalue weighted by molar-refractivity contribution is -0.385. The Labute approximate surface area is 90.0 Å². The fraction of sp³-hybridized carbons (Fsp3) is 0.300. The molecule has 6 heteroatoms. The van der Waals surface area contributed by atoms with Crippen LogP contribution in [0.15, 0.2) is 12.1 Å². The van der Waals surface area contributed by atoms with Gasteiger partial charge < -0.3 is 0 Å². The Kier molecular flexibility index (Phi) is 3.31. The smallest absolute Gasteiger partial charge is 0.272 e. The summed E-state index contributed by atoms with van der Waals surface area (Å²) in [6.45, 7) is 2.55. The molecule has 0 saturated carbocycles. The Bertz CT molecular complexity index is 458. The van der Waals surface area contributed by atoms with Gasteiger partial charge in [0.05, 0.1) is 4.92 Å². The Morgan fingerprint density at radius 2 is 2.00 bits per heavy atom. The highest BCUT2D eigenvalue weighted by Gasteiger charge is 2.22. The zero-order valence-corrected chi connectivity index (χ0v) is 8.66. The molecule has 0 N–H and O–H groups in total. The summed E-state index contributed by atoms with van der Waals surface area (Å²) in [7, 11) is 0. The first-order chi connectivity index (χ1) is 7.34. The maximum absolute atomic E-state index is 12.6. The van der Waals surface area contributed by atoms with Gasteiger partial charge in [0.25, 0.3) is 12.1 Å². The third-order valence-corrected chi connectivity index (χ3v) is 2.18. The Morgan fingerprint density at radius 3 is 2.38 bits per heavy atom. The first-order valence-electron chi connectivity index (χ1n) is 4.42. The molecule has 0 aromatic heterocycles. The van der Waals surface area contributed by atoms with Gasteiger partial charge in [-0.15, -0.1) is 0 Å². The van der Waals surface area contributed by atoms with Crippen LogP contribution in [0, 0.1) is 17.0 Å². The molecule has 0 bridgehead atoms. The number of benzene rings is 1. The summed E-state index contributed by atoms with van der Waals surface area (Å²) in [5.41, 5.74) is -0.970. The van der Waals surface area contributed by atoms with Crippen molar-refractivity contribution >= 4 is 11.5 Å². The van der Waals surface area contributed by atoms with Crippen molar-refractivity contribution < 1.29 is 18.5 Å². The van der Waals surface area contributed by atoms with Crippen LogP contribution in [0.4, 0.5) is 14.5 Å². The van der Waals surface area contributed by atoms with E-state index >= 15 is 0 Å². The number of nitro groups is 1. The van der Waals surface area contributed by atoms with Crippen LogP contribution < -0.4 is 0 Å².